The van der Waals surface area contributed by atoms with Crippen molar-refractivity contribution in [1.82, 2.24) is 0 Å². The van der Waals surface area contributed by atoms with Gasteiger partial charge in [-0.05, 0) is 6.42 Å². The lowest BCUT2D eigenvalue weighted by atomic mass is 10.0. The zero-order chi connectivity index (χ0) is 10.7. The Hall–Kier alpha value is 0.150. The Morgan fingerprint density at radius 1 is 1.14 bits per heavy atom. The van der Waals surface area contributed by atoms with Crippen molar-refractivity contribution in [2.45, 2.75) is 35.2 Å². The summed E-state index contributed by atoms with van der Waals surface area (Å²) in [6, 6.07) is 0. The molecule has 0 aromatic rings. The zero-order valence-electron chi connectivity index (χ0n) is 7.65. The lowest BCUT2D eigenvalue weighted by Gasteiger charge is -2.19. The molecular formula is C8H16O5S. The Labute approximate surface area is 86.4 Å². The number of thioether (sulfide) groups is 1. The van der Waals surface area contributed by atoms with Crippen LogP contribution < -0.4 is 0 Å². The predicted octanol–water partition coefficient (Wildman–Crippen LogP) is -2.07. The van der Waals surface area contributed by atoms with E-state index in [1.165, 1.54) is 11.8 Å². The molecule has 0 amide bonds. The Morgan fingerprint density at radius 2 is 1.79 bits per heavy atom. The molecule has 5 atom stereocenters. The van der Waals surface area contributed by atoms with Crippen LogP contribution >= 0.6 is 11.8 Å². The van der Waals surface area contributed by atoms with E-state index in [2.05, 4.69) is 0 Å². The Kier molecular flexibility index (Phi) is 4.62. The Balaban J connectivity index is 2.57. The molecule has 1 fully saturated rings. The summed E-state index contributed by atoms with van der Waals surface area (Å²) in [5.41, 5.74) is 0. The molecule has 1 rings (SSSR count). The van der Waals surface area contributed by atoms with Gasteiger partial charge in [0.25, 0.3) is 0 Å². The highest BCUT2D eigenvalue weighted by atomic mass is 32.2. The summed E-state index contributed by atoms with van der Waals surface area (Å²) in [6.45, 7) is -0.503. The van der Waals surface area contributed by atoms with Crippen molar-refractivity contribution in [1.29, 1.82) is 0 Å². The fraction of sp³-hybridized carbons (Fsp3) is 1.00. The van der Waals surface area contributed by atoms with Crippen molar-refractivity contribution < 1.29 is 25.5 Å². The monoisotopic (exact) mass is 224 g/mol. The highest BCUT2D eigenvalue weighted by Crippen LogP contribution is 2.37. The lowest BCUT2D eigenvalue weighted by Crippen LogP contribution is -2.39. The first kappa shape index (κ1) is 12.2. The fourth-order valence-electron chi connectivity index (χ4n) is 1.57. The van der Waals surface area contributed by atoms with Crippen LogP contribution in [0.15, 0.2) is 0 Å². The molecule has 0 spiro atoms. The van der Waals surface area contributed by atoms with Gasteiger partial charge in [0, 0.05) is 11.9 Å². The first-order chi connectivity index (χ1) is 6.61. The van der Waals surface area contributed by atoms with Crippen molar-refractivity contribution in [2.75, 3.05) is 13.2 Å². The lowest BCUT2D eigenvalue weighted by molar-refractivity contribution is -0.00859. The fourth-order valence-corrected chi connectivity index (χ4v) is 3.12. The van der Waals surface area contributed by atoms with Gasteiger partial charge < -0.3 is 25.5 Å². The molecule has 0 aromatic carbocycles. The molecule has 14 heavy (non-hydrogen) atoms. The van der Waals surface area contributed by atoms with Crippen LogP contribution in [0.1, 0.15) is 6.42 Å². The second-order valence-electron chi connectivity index (χ2n) is 3.38. The van der Waals surface area contributed by atoms with Gasteiger partial charge in [0.15, 0.2) is 0 Å². The number of rotatable bonds is 4. The average Bonchev–Trinajstić information content (AvgIpc) is 2.46. The van der Waals surface area contributed by atoms with Crippen LogP contribution in [0, 0.1) is 0 Å². The summed E-state index contributed by atoms with van der Waals surface area (Å²) < 4.78 is 0. The van der Waals surface area contributed by atoms with E-state index in [4.69, 9.17) is 10.2 Å². The molecule has 0 saturated carbocycles. The molecule has 0 aromatic heterocycles. The summed E-state index contributed by atoms with van der Waals surface area (Å²) in [6.07, 6.45) is -2.65. The molecule has 0 radical (unpaired) electrons. The first-order valence-corrected chi connectivity index (χ1v) is 5.47. The van der Waals surface area contributed by atoms with E-state index < -0.39 is 30.2 Å². The van der Waals surface area contributed by atoms with Gasteiger partial charge in [0.1, 0.15) is 0 Å². The van der Waals surface area contributed by atoms with Crippen LogP contribution in [-0.2, 0) is 0 Å². The summed E-state index contributed by atoms with van der Waals surface area (Å²) in [5, 5.41) is 44.9. The van der Waals surface area contributed by atoms with Crippen molar-refractivity contribution in [3.8, 4) is 0 Å². The average molecular weight is 224 g/mol. The molecule has 1 aliphatic rings. The van der Waals surface area contributed by atoms with Gasteiger partial charge in [-0.15, -0.1) is 11.8 Å². The molecule has 0 bridgehead atoms. The molecule has 0 unspecified atom stereocenters. The van der Waals surface area contributed by atoms with Crippen LogP contribution in [0.5, 0.6) is 0 Å². The maximum absolute atomic E-state index is 9.53. The van der Waals surface area contributed by atoms with E-state index in [9.17, 15) is 15.3 Å². The zero-order valence-corrected chi connectivity index (χ0v) is 8.47. The van der Waals surface area contributed by atoms with Gasteiger partial charge in [0.2, 0.25) is 0 Å². The summed E-state index contributed by atoms with van der Waals surface area (Å²) in [5.74, 6) is 0. The van der Waals surface area contributed by atoms with Crippen LogP contribution in [0.3, 0.4) is 0 Å². The molecule has 1 heterocycles. The summed E-state index contributed by atoms with van der Waals surface area (Å²) >= 11 is 1.21. The van der Waals surface area contributed by atoms with Crippen LogP contribution in [0.2, 0.25) is 0 Å². The smallest absolute Gasteiger partial charge is 0.0954 e. The molecule has 0 aliphatic carbocycles. The molecular weight excluding hydrogens is 208 g/mol. The van der Waals surface area contributed by atoms with E-state index in [0.29, 0.717) is 6.42 Å². The largest absolute Gasteiger partial charge is 0.396 e. The van der Waals surface area contributed by atoms with Gasteiger partial charge in [-0.1, -0.05) is 0 Å². The maximum Gasteiger partial charge on any atom is 0.0954 e. The third-order valence-corrected chi connectivity index (χ3v) is 4.15. The van der Waals surface area contributed by atoms with Crippen LogP contribution in [0.25, 0.3) is 0 Å². The highest BCUT2D eigenvalue weighted by molar-refractivity contribution is 8.01. The SMILES string of the molecule is OCC[C@@H]1S[C@@H]([C@H](O)CO)[C@H](O)[C@@H]1O. The number of aliphatic hydroxyl groups excluding tert-OH is 5. The van der Waals surface area contributed by atoms with Crippen molar-refractivity contribution in [2.24, 2.45) is 0 Å². The van der Waals surface area contributed by atoms with Crippen LogP contribution in [-0.4, -0.2) is 67.6 Å². The van der Waals surface area contributed by atoms with Crippen LogP contribution in [0.4, 0.5) is 0 Å². The van der Waals surface area contributed by atoms with Gasteiger partial charge >= 0.3 is 0 Å². The Bertz CT molecular complexity index is 177. The van der Waals surface area contributed by atoms with Crippen molar-refractivity contribution in [3.63, 3.8) is 0 Å². The molecule has 1 saturated heterocycles. The Morgan fingerprint density at radius 3 is 2.29 bits per heavy atom. The van der Waals surface area contributed by atoms with E-state index >= 15 is 0 Å². The number of aliphatic hydroxyl groups is 5. The standard InChI is InChI=1S/C8H16O5S/c9-2-1-5-6(12)7(13)8(14-5)4(11)3-10/h4-13H,1-3H2/t4-,5+,6-,7-,8+/m1/s1. The minimum Gasteiger partial charge on any atom is -0.396 e. The van der Waals surface area contributed by atoms with E-state index in [1.54, 1.807) is 0 Å². The molecule has 6 heteroatoms. The maximum atomic E-state index is 9.53. The number of hydrogen-bond donors (Lipinski definition) is 5. The van der Waals surface area contributed by atoms with Crippen molar-refractivity contribution >= 4 is 11.8 Å². The van der Waals surface area contributed by atoms with E-state index in [0.717, 1.165) is 0 Å². The van der Waals surface area contributed by atoms with Gasteiger partial charge in [0.05, 0.1) is 30.2 Å². The van der Waals surface area contributed by atoms with E-state index in [-0.39, 0.29) is 11.9 Å². The van der Waals surface area contributed by atoms with Gasteiger partial charge in [-0.3, -0.25) is 0 Å². The summed E-state index contributed by atoms with van der Waals surface area (Å²) in [7, 11) is 0. The quantitative estimate of drug-likeness (QED) is 0.376. The molecule has 5 nitrogen and oxygen atoms in total. The first-order valence-electron chi connectivity index (χ1n) is 4.53. The number of hydrogen-bond acceptors (Lipinski definition) is 6. The van der Waals surface area contributed by atoms with Crippen molar-refractivity contribution in [3.05, 3.63) is 0 Å². The molecule has 1 aliphatic heterocycles. The predicted molar refractivity (Wildman–Crippen MR) is 52.0 cm³/mol. The second kappa shape index (κ2) is 5.29. The topological polar surface area (TPSA) is 101 Å². The minimum atomic E-state index is -1.04. The second-order valence-corrected chi connectivity index (χ2v) is 4.80. The van der Waals surface area contributed by atoms with E-state index in [1.807, 2.05) is 0 Å². The van der Waals surface area contributed by atoms with Gasteiger partial charge in [-0.25, -0.2) is 0 Å². The third kappa shape index (κ3) is 2.39. The summed E-state index contributed by atoms with van der Waals surface area (Å²) in [4.78, 5) is 0. The normalized spacial score (nSPS) is 40.1. The third-order valence-electron chi connectivity index (χ3n) is 2.38. The highest BCUT2D eigenvalue weighted by Gasteiger charge is 2.44. The minimum absolute atomic E-state index is 0.0661. The van der Waals surface area contributed by atoms with Gasteiger partial charge in [-0.2, -0.15) is 0 Å². The molecule has 84 valence electrons. The molecule has 5 N–H and O–H groups in total.